The number of amides is 1. The fourth-order valence-electron chi connectivity index (χ4n) is 3.53. The number of alkyl carbamates (subject to hydrolysis) is 1. The molecule has 0 bridgehead atoms. The Morgan fingerprint density at radius 1 is 0.914 bits per heavy atom. The van der Waals surface area contributed by atoms with Crippen molar-refractivity contribution in [3.63, 3.8) is 0 Å². The van der Waals surface area contributed by atoms with Crippen LogP contribution in [0.4, 0.5) is 4.79 Å². The van der Waals surface area contributed by atoms with E-state index in [1.165, 1.54) is 4.68 Å². The quantitative estimate of drug-likeness (QED) is 0.416. The summed E-state index contributed by atoms with van der Waals surface area (Å²) in [6.07, 6.45) is -0.436. The minimum atomic E-state index is -0.911. The van der Waals surface area contributed by atoms with E-state index in [0.717, 1.165) is 11.1 Å². The van der Waals surface area contributed by atoms with Crippen molar-refractivity contribution in [2.45, 2.75) is 45.4 Å². The van der Waals surface area contributed by atoms with E-state index in [1.54, 1.807) is 39.0 Å². The first-order valence-corrected chi connectivity index (χ1v) is 11.4. The van der Waals surface area contributed by atoms with Crippen molar-refractivity contribution in [3.05, 3.63) is 90.0 Å². The lowest BCUT2D eigenvalue weighted by Crippen LogP contribution is -2.46. The molecule has 0 saturated carbocycles. The molecule has 8 nitrogen and oxygen atoms in total. The third kappa shape index (κ3) is 6.44. The fourth-order valence-corrected chi connectivity index (χ4v) is 3.53. The summed E-state index contributed by atoms with van der Waals surface area (Å²) in [4.78, 5) is 25.9. The summed E-state index contributed by atoms with van der Waals surface area (Å²) in [5.41, 5.74) is 2.38. The summed E-state index contributed by atoms with van der Waals surface area (Å²) in [6.45, 7) is 5.76. The van der Waals surface area contributed by atoms with Gasteiger partial charge in [0, 0.05) is 6.42 Å². The van der Waals surface area contributed by atoms with Crippen LogP contribution in [0.25, 0.3) is 11.0 Å². The van der Waals surface area contributed by atoms with Gasteiger partial charge >= 0.3 is 6.09 Å². The molecule has 0 aliphatic rings. The molecule has 0 fully saturated rings. The number of carbonyl (C=O) groups excluding carboxylic acids is 2. The fraction of sp³-hybridized carbons (Fsp3) is 0.259. The lowest BCUT2D eigenvalue weighted by Gasteiger charge is -2.23. The number of fused-ring (bicyclic) bond motifs is 1. The second-order valence-electron chi connectivity index (χ2n) is 9.15. The average molecular weight is 473 g/mol. The van der Waals surface area contributed by atoms with Crippen LogP contribution in [0, 0.1) is 0 Å². The highest BCUT2D eigenvalue weighted by Crippen LogP contribution is 2.17. The molecule has 35 heavy (non-hydrogen) atoms. The Balaban J connectivity index is 1.50. The van der Waals surface area contributed by atoms with Crippen molar-refractivity contribution in [3.8, 4) is 5.75 Å². The first-order chi connectivity index (χ1) is 16.8. The van der Waals surface area contributed by atoms with E-state index in [9.17, 15) is 9.59 Å². The molecular formula is C27H28N4O4. The summed E-state index contributed by atoms with van der Waals surface area (Å²) < 4.78 is 12.5. The van der Waals surface area contributed by atoms with Gasteiger partial charge in [0.2, 0.25) is 0 Å². The van der Waals surface area contributed by atoms with Gasteiger partial charge in [-0.3, -0.25) is 4.79 Å². The van der Waals surface area contributed by atoms with Crippen molar-refractivity contribution in [2.75, 3.05) is 0 Å². The highest BCUT2D eigenvalue weighted by atomic mass is 16.6. The van der Waals surface area contributed by atoms with Crippen LogP contribution in [0.5, 0.6) is 5.75 Å². The number of hydrogen-bond donors (Lipinski definition) is 1. The molecule has 3 aromatic carbocycles. The Morgan fingerprint density at radius 3 is 2.31 bits per heavy atom. The lowest BCUT2D eigenvalue weighted by atomic mass is 10.0. The van der Waals surface area contributed by atoms with Crippen LogP contribution in [0.2, 0.25) is 0 Å². The van der Waals surface area contributed by atoms with Gasteiger partial charge in [-0.2, -0.15) is 4.68 Å². The van der Waals surface area contributed by atoms with E-state index in [-0.39, 0.29) is 6.42 Å². The van der Waals surface area contributed by atoms with Crippen LogP contribution in [0.15, 0.2) is 78.9 Å². The highest BCUT2D eigenvalue weighted by Gasteiger charge is 2.27. The number of hydrogen-bond acceptors (Lipinski definition) is 6. The Labute approximate surface area is 203 Å². The average Bonchev–Trinajstić information content (AvgIpc) is 3.26. The van der Waals surface area contributed by atoms with Crippen molar-refractivity contribution in [1.82, 2.24) is 20.3 Å². The van der Waals surface area contributed by atoms with E-state index in [2.05, 4.69) is 15.6 Å². The van der Waals surface area contributed by atoms with Crippen LogP contribution in [0.1, 0.15) is 36.7 Å². The zero-order chi connectivity index (χ0) is 24.8. The maximum atomic E-state index is 13.4. The number of nitrogens with one attached hydrogen (secondary N) is 1. The number of rotatable bonds is 7. The summed E-state index contributed by atoms with van der Waals surface area (Å²) in [5.74, 6) is 0.303. The summed E-state index contributed by atoms with van der Waals surface area (Å²) in [7, 11) is 0. The molecule has 0 aliphatic carbocycles. The summed E-state index contributed by atoms with van der Waals surface area (Å²) in [6, 6.07) is 23.6. The smallest absolute Gasteiger partial charge is 0.408 e. The van der Waals surface area contributed by atoms with Gasteiger partial charge in [-0.1, -0.05) is 59.8 Å². The lowest BCUT2D eigenvalue weighted by molar-refractivity contribution is 0.0480. The van der Waals surface area contributed by atoms with E-state index in [0.29, 0.717) is 23.4 Å². The van der Waals surface area contributed by atoms with Gasteiger partial charge in [0.15, 0.2) is 0 Å². The molecule has 0 unspecified atom stereocenters. The molecular weight excluding hydrogens is 444 g/mol. The Kier molecular flexibility index (Phi) is 7.10. The number of nitrogens with zero attached hydrogens (tertiary/aromatic N) is 3. The normalized spacial score (nSPS) is 12.2. The molecule has 1 atom stereocenters. The zero-order valence-electron chi connectivity index (χ0n) is 20.0. The molecule has 0 spiro atoms. The minimum Gasteiger partial charge on any atom is -0.489 e. The van der Waals surface area contributed by atoms with Crippen molar-refractivity contribution in [1.29, 1.82) is 0 Å². The molecule has 4 rings (SSSR count). The van der Waals surface area contributed by atoms with Crippen LogP contribution >= 0.6 is 0 Å². The molecule has 1 amide bonds. The van der Waals surface area contributed by atoms with E-state index in [1.807, 2.05) is 60.7 Å². The minimum absolute atomic E-state index is 0.241. The molecule has 1 aromatic heterocycles. The van der Waals surface area contributed by atoms with Gasteiger partial charge in [0.1, 0.15) is 29.5 Å². The predicted octanol–water partition coefficient (Wildman–Crippen LogP) is 4.79. The van der Waals surface area contributed by atoms with Crippen LogP contribution < -0.4 is 10.1 Å². The zero-order valence-corrected chi connectivity index (χ0v) is 20.0. The summed E-state index contributed by atoms with van der Waals surface area (Å²) in [5, 5.41) is 10.8. The van der Waals surface area contributed by atoms with Gasteiger partial charge in [-0.15, -0.1) is 5.10 Å². The van der Waals surface area contributed by atoms with Gasteiger partial charge in [0.05, 0.1) is 5.52 Å². The van der Waals surface area contributed by atoms with Crippen molar-refractivity contribution < 1.29 is 19.1 Å². The second kappa shape index (κ2) is 10.4. The Morgan fingerprint density at radius 2 is 1.60 bits per heavy atom. The van der Waals surface area contributed by atoms with E-state index in [4.69, 9.17) is 9.47 Å². The number of carbonyl (C=O) groups is 2. The predicted molar refractivity (Wildman–Crippen MR) is 132 cm³/mol. The van der Waals surface area contributed by atoms with Crippen molar-refractivity contribution >= 4 is 23.0 Å². The largest absolute Gasteiger partial charge is 0.489 e. The standard InChI is InChI=1S/C27H28N4O4/c1-27(2,3)35-26(33)28-23(25(32)31-24-12-8-7-11-22(24)29-30-31)17-19-13-15-21(16-14-19)34-18-20-9-5-4-6-10-20/h4-16,23H,17-18H2,1-3H3,(H,28,33)/t23-/m0/s1. The molecule has 0 saturated heterocycles. The number of aromatic nitrogens is 3. The third-order valence-corrected chi connectivity index (χ3v) is 5.16. The maximum absolute atomic E-state index is 13.4. The number of ether oxygens (including phenoxy) is 2. The molecule has 0 radical (unpaired) electrons. The van der Waals surface area contributed by atoms with Crippen LogP contribution in [0.3, 0.4) is 0 Å². The van der Waals surface area contributed by atoms with Gasteiger partial charge in [0.25, 0.3) is 5.91 Å². The number of benzene rings is 3. The molecule has 1 N–H and O–H groups in total. The van der Waals surface area contributed by atoms with Crippen LogP contribution in [-0.2, 0) is 17.8 Å². The maximum Gasteiger partial charge on any atom is 0.408 e. The highest BCUT2D eigenvalue weighted by molar-refractivity contribution is 5.93. The monoisotopic (exact) mass is 472 g/mol. The SMILES string of the molecule is CC(C)(C)OC(=O)N[C@@H](Cc1ccc(OCc2ccccc2)cc1)C(=O)n1nnc2ccccc21. The van der Waals surface area contributed by atoms with E-state index >= 15 is 0 Å². The first kappa shape index (κ1) is 23.9. The van der Waals surface area contributed by atoms with Gasteiger partial charge < -0.3 is 14.8 Å². The number of para-hydroxylation sites is 1. The van der Waals surface area contributed by atoms with E-state index < -0.39 is 23.6 Å². The topological polar surface area (TPSA) is 95.3 Å². The first-order valence-electron chi connectivity index (χ1n) is 11.4. The molecule has 1 heterocycles. The van der Waals surface area contributed by atoms with Crippen LogP contribution in [-0.4, -0.2) is 38.6 Å². The Hall–Kier alpha value is -4.20. The Bertz CT molecular complexity index is 1290. The van der Waals surface area contributed by atoms with Crippen molar-refractivity contribution in [2.24, 2.45) is 0 Å². The third-order valence-electron chi connectivity index (χ3n) is 5.16. The molecule has 0 aliphatic heterocycles. The molecule has 8 heteroatoms. The van der Waals surface area contributed by atoms with Gasteiger partial charge in [-0.05, 0) is 56.2 Å². The molecule has 180 valence electrons. The second-order valence-corrected chi connectivity index (χ2v) is 9.15. The van der Waals surface area contributed by atoms with Gasteiger partial charge in [-0.25, -0.2) is 4.79 Å². The summed E-state index contributed by atoms with van der Waals surface area (Å²) >= 11 is 0. The molecule has 4 aromatic rings.